The average Bonchev–Trinajstić information content (AvgIpc) is 2.76. The predicted molar refractivity (Wildman–Crippen MR) is 70.8 cm³/mol. The summed E-state index contributed by atoms with van der Waals surface area (Å²) in [5.41, 5.74) is 0.858. The SMILES string of the molecule is CC(=O)NC1CCN(c2ccc(C(C)=O)cc2F)C1. The lowest BCUT2D eigenvalue weighted by atomic mass is 10.1. The molecule has 102 valence electrons. The fourth-order valence-corrected chi connectivity index (χ4v) is 2.37. The van der Waals surface area contributed by atoms with E-state index in [4.69, 9.17) is 0 Å². The molecule has 1 fully saturated rings. The van der Waals surface area contributed by atoms with Crippen LogP contribution in [0.2, 0.25) is 0 Å². The number of nitrogens with one attached hydrogen (secondary N) is 1. The van der Waals surface area contributed by atoms with Crippen molar-refractivity contribution in [2.45, 2.75) is 26.3 Å². The van der Waals surface area contributed by atoms with Crippen molar-refractivity contribution in [2.75, 3.05) is 18.0 Å². The van der Waals surface area contributed by atoms with Crippen molar-refractivity contribution in [3.8, 4) is 0 Å². The number of benzene rings is 1. The normalized spacial score (nSPS) is 18.5. The first-order chi connectivity index (χ1) is 8.97. The van der Waals surface area contributed by atoms with Crippen LogP contribution in [0.5, 0.6) is 0 Å². The lowest BCUT2D eigenvalue weighted by Gasteiger charge is -2.19. The molecule has 1 aromatic rings. The van der Waals surface area contributed by atoms with Crippen molar-refractivity contribution in [3.05, 3.63) is 29.6 Å². The molecule has 19 heavy (non-hydrogen) atoms. The molecule has 1 atom stereocenters. The van der Waals surface area contributed by atoms with Gasteiger partial charge in [-0.25, -0.2) is 4.39 Å². The number of anilines is 1. The summed E-state index contributed by atoms with van der Waals surface area (Å²) in [4.78, 5) is 24.1. The van der Waals surface area contributed by atoms with Crippen molar-refractivity contribution in [1.29, 1.82) is 0 Å². The number of ketones is 1. The van der Waals surface area contributed by atoms with Gasteiger partial charge in [0.25, 0.3) is 0 Å². The number of carbonyl (C=O) groups excluding carboxylic acids is 2. The average molecular weight is 264 g/mol. The quantitative estimate of drug-likeness (QED) is 0.846. The Bertz CT molecular complexity index is 516. The highest BCUT2D eigenvalue weighted by molar-refractivity contribution is 5.94. The zero-order chi connectivity index (χ0) is 14.0. The Balaban J connectivity index is 2.11. The molecule has 1 aliphatic heterocycles. The number of carbonyl (C=O) groups is 2. The summed E-state index contributed by atoms with van der Waals surface area (Å²) in [7, 11) is 0. The zero-order valence-corrected chi connectivity index (χ0v) is 11.1. The van der Waals surface area contributed by atoms with Crippen LogP contribution in [0.4, 0.5) is 10.1 Å². The summed E-state index contributed by atoms with van der Waals surface area (Å²) in [6.07, 6.45) is 0.799. The highest BCUT2D eigenvalue weighted by Crippen LogP contribution is 2.24. The predicted octanol–water partition coefficient (Wildman–Crippen LogP) is 1.74. The molecule has 0 bridgehead atoms. The highest BCUT2D eigenvalue weighted by atomic mass is 19.1. The van der Waals surface area contributed by atoms with Gasteiger partial charge in [-0.1, -0.05) is 0 Å². The van der Waals surface area contributed by atoms with E-state index in [1.807, 2.05) is 4.90 Å². The topological polar surface area (TPSA) is 49.4 Å². The molecule has 0 aliphatic carbocycles. The van der Waals surface area contributed by atoms with Gasteiger partial charge in [0, 0.05) is 31.6 Å². The van der Waals surface area contributed by atoms with Crippen molar-refractivity contribution in [2.24, 2.45) is 0 Å². The number of hydrogen-bond donors (Lipinski definition) is 1. The molecule has 1 N–H and O–H groups in total. The second-order valence-electron chi connectivity index (χ2n) is 4.85. The third-order valence-corrected chi connectivity index (χ3v) is 3.29. The molecular weight excluding hydrogens is 247 g/mol. The lowest BCUT2D eigenvalue weighted by Crippen LogP contribution is -2.35. The maximum atomic E-state index is 14.0. The van der Waals surface area contributed by atoms with Crippen LogP contribution in [0.3, 0.4) is 0 Å². The zero-order valence-electron chi connectivity index (χ0n) is 11.1. The second kappa shape index (κ2) is 5.38. The maximum Gasteiger partial charge on any atom is 0.217 e. The van der Waals surface area contributed by atoms with Crippen molar-refractivity contribution in [3.63, 3.8) is 0 Å². The molecule has 0 saturated carbocycles. The molecule has 1 aromatic carbocycles. The van der Waals surface area contributed by atoms with E-state index in [0.717, 1.165) is 6.42 Å². The van der Waals surface area contributed by atoms with Crippen molar-refractivity contribution < 1.29 is 14.0 Å². The van der Waals surface area contributed by atoms with Gasteiger partial charge < -0.3 is 10.2 Å². The van der Waals surface area contributed by atoms with Crippen LogP contribution >= 0.6 is 0 Å². The number of halogens is 1. The number of Topliss-reactive ketones (excluding diaryl/α,β-unsaturated/α-hetero) is 1. The molecule has 1 unspecified atom stereocenters. The Morgan fingerprint density at radius 2 is 2.11 bits per heavy atom. The Hall–Kier alpha value is -1.91. The standard InChI is InChI=1S/C14H17FN2O2/c1-9(18)11-3-4-14(13(15)7-11)17-6-5-12(8-17)16-10(2)19/h3-4,7,12H,5-6,8H2,1-2H3,(H,16,19). The van der Waals surface area contributed by atoms with Crippen LogP contribution in [0.15, 0.2) is 18.2 Å². The molecule has 1 saturated heterocycles. The van der Waals surface area contributed by atoms with Gasteiger partial charge in [0.05, 0.1) is 5.69 Å². The lowest BCUT2D eigenvalue weighted by molar-refractivity contribution is -0.119. The van der Waals surface area contributed by atoms with Crippen LogP contribution in [-0.2, 0) is 4.79 Å². The first-order valence-corrected chi connectivity index (χ1v) is 6.30. The minimum absolute atomic E-state index is 0.0596. The van der Waals surface area contributed by atoms with E-state index in [1.165, 1.54) is 19.9 Å². The van der Waals surface area contributed by atoms with E-state index >= 15 is 0 Å². The smallest absolute Gasteiger partial charge is 0.217 e. The maximum absolute atomic E-state index is 14.0. The molecule has 5 heteroatoms. The first-order valence-electron chi connectivity index (χ1n) is 6.30. The third kappa shape index (κ3) is 3.10. The fraction of sp³-hybridized carbons (Fsp3) is 0.429. The first kappa shape index (κ1) is 13.5. The minimum Gasteiger partial charge on any atom is -0.367 e. The van der Waals surface area contributed by atoms with E-state index in [9.17, 15) is 14.0 Å². The van der Waals surface area contributed by atoms with Crippen molar-refractivity contribution >= 4 is 17.4 Å². The summed E-state index contributed by atoms with van der Waals surface area (Å²) < 4.78 is 14.0. The Morgan fingerprint density at radius 1 is 1.37 bits per heavy atom. The molecular formula is C14H17FN2O2. The molecule has 4 nitrogen and oxygen atoms in total. The van der Waals surface area contributed by atoms with E-state index in [2.05, 4.69) is 5.32 Å². The summed E-state index contributed by atoms with van der Waals surface area (Å²) in [5, 5.41) is 2.83. The summed E-state index contributed by atoms with van der Waals surface area (Å²) in [5.74, 6) is -0.613. The van der Waals surface area contributed by atoms with Crippen LogP contribution < -0.4 is 10.2 Å². The molecule has 0 aromatic heterocycles. The summed E-state index contributed by atoms with van der Waals surface area (Å²) >= 11 is 0. The van der Waals surface area contributed by atoms with Gasteiger partial charge in [-0.3, -0.25) is 9.59 Å². The van der Waals surface area contributed by atoms with Crippen LogP contribution in [-0.4, -0.2) is 30.8 Å². The Kier molecular flexibility index (Phi) is 3.83. The monoisotopic (exact) mass is 264 g/mol. The van der Waals surface area contributed by atoms with Crippen LogP contribution in [0.25, 0.3) is 0 Å². The van der Waals surface area contributed by atoms with E-state index in [0.29, 0.717) is 24.3 Å². The molecule has 1 heterocycles. The largest absolute Gasteiger partial charge is 0.367 e. The summed E-state index contributed by atoms with van der Waals surface area (Å²) in [6.45, 7) is 4.18. The van der Waals surface area contributed by atoms with Gasteiger partial charge in [0.15, 0.2) is 5.78 Å². The van der Waals surface area contributed by atoms with Gasteiger partial charge in [0.2, 0.25) is 5.91 Å². The van der Waals surface area contributed by atoms with Gasteiger partial charge in [-0.05, 0) is 31.5 Å². The molecule has 0 spiro atoms. The number of hydrogen-bond acceptors (Lipinski definition) is 3. The van der Waals surface area contributed by atoms with Crippen LogP contribution in [0, 0.1) is 5.82 Å². The van der Waals surface area contributed by atoms with Gasteiger partial charge >= 0.3 is 0 Å². The van der Waals surface area contributed by atoms with Crippen LogP contribution in [0.1, 0.15) is 30.6 Å². The number of amides is 1. The van der Waals surface area contributed by atoms with Gasteiger partial charge in [0.1, 0.15) is 5.82 Å². The number of rotatable bonds is 3. The molecule has 1 amide bonds. The molecule has 2 rings (SSSR count). The Labute approximate surface area is 111 Å². The highest BCUT2D eigenvalue weighted by Gasteiger charge is 2.25. The fourth-order valence-electron chi connectivity index (χ4n) is 2.37. The second-order valence-corrected chi connectivity index (χ2v) is 4.85. The molecule has 0 radical (unpaired) electrons. The summed E-state index contributed by atoms with van der Waals surface area (Å²) in [6, 6.07) is 4.59. The van der Waals surface area contributed by atoms with Gasteiger partial charge in [-0.15, -0.1) is 0 Å². The third-order valence-electron chi connectivity index (χ3n) is 3.29. The minimum atomic E-state index is -0.392. The van der Waals surface area contributed by atoms with Crippen molar-refractivity contribution in [1.82, 2.24) is 5.32 Å². The van der Waals surface area contributed by atoms with E-state index in [-0.39, 0.29) is 17.7 Å². The number of nitrogens with zero attached hydrogens (tertiary/aromatic N) is 1. The van der Waals surface area contributed by atoms with E-state index < -0.39 is 5.82 Å². The molecule has 1 aliphatic rings. The Morgan fingerprint density at radius 3 is 2.68 bits per heavy atom. The van der Waals surface area contributed by atoms with E-state index in [1.54, 1.807) is 12.1 Å². The van der Waals surface area contributed by atoms with Gasteiger partial charge in [-0.2, -0.15) is 0 Å².